The Morgan fingerprint density at radius 1 is 1.10 bits per heavy atom. The van der Waals surface area contributed by atoms with Gasteiger partial charge in [-0.15, -0.1) is 0 Å². The first-order valence-corrected chi connectivity index (χ1v) is 6.93. The van der Waals surface area contributed by atoms with Crippen molar-refractivity contribution < 1.29 is 4.74 Å². The highest BCUT2D eigenvalue weighted by molar-refractivity contribution is 5.69. The van der Waals surface area contributed by atoms with Gasteiger partial charge in [0.25, 0.3) is 0 Å². The lowest BCUT2D eigenvalue weighted by Crippen LogP contribution is -1.95. The molecule has 0 aromatic heterocycles. The predicted molar refractivity (Wildman–Crippen MR) is 85.5 cm³/mol. The Labute approximate surface area is 126 Å². The number of aryl methyl sites for hydroxylation is 1. The van der Waals surface area contributed by atoms with Crippen LogP contribution in [0.5, 0.6) is 5.75 Å². The van der Waals surface area contributed by atoms with Crippen LogP contribution in [0.2, 0.25) is 0 Å². The molecule has 0 spiro atoms. The highest BCUT2D eigenvalue weighted by atomic mass is 16.5. The molecular formula is C18H20N2O. The van der Waals surface area contributed by atoms with E-state index in [0.717, 1.165) is 29.5 Å². The second kappa shape index (κ2) is 7.92. The second-order valence-corrected chi connectivity index (χ2v) is 4.92. The van der Waals surface area contributed by atoms with Gasteiger partial charge in [-0.05, 0) is 55.7 Å². The molecule has 0 aliphatic heterocycles. The zero-order valence-electron chi connectivity index (χ0n) is 13.0. The number of hydrogen-bond acceptors (Lipinski definition) is 3. The molecular weight excluding hydrogens is 260 g/mol. The topological polar surface area (TPSA) is 56.8 Å². The zero-order chi connectivity index (χ0) is 15.8. The van der Waals surface area contributed by atoms with Gasteiger partial charge in [0.15, 0.2) is 0 Å². The van der Waals surface area contributed by atoms with E-state index in [-0.39, 0.29) is 0 Å². The summed E-state index contributed by atoms with van der Waals surface area (Å²) in [5, 5.41) is 17.9. The second-order valence-electron chi connectivity index (χ2n) is 4.92. The Balaban J connectivity index is 3.49. The summed E-state index contributed by atoms with van der Waals surface area (Å²) in [7, 11) is 1.61. The number of nitrogens with zero attached hydrogens (tertiary/aromatic N) is 2. The van der Waals surface area contributed by atoms with Crippen LogP contribution in [-0.4, -0.2) is 7.11 Å². The van der Waals surface area contributed by atoms with Gasteiger partial charge in [-0.25, -0.2) is 0 Å². The van der Waals surface area contributed by atoms with Crippen LogP contribution in [0.25, 0.3) is 12.2 Å². The maximum absolute atomic E-state index is 8.95. The highest BCUT2D eigenvalue weighted by Crippen LogP contribution is 2.28. The summed E-state index contributed by atoms with van der Waals surface area (Å²) in [6.45, 7) is 5.67. The summed E-state index contributed by atoms with van der Waals surface area (Å²) in [5.41, 5.74) is 4.34. The van der Waals surface area contributed by atoms with Crippen molar-refractivity contribution in [2.24, 2.45) is 0 Å². The fourth-order valence-corrected chi connectivity index (χ4v) is 2.10. The van der Waals surface area contributed by atoms with Crippen molar-refractivity contribution in [1.29, 1.82) is 10.5 Å². The van der Waals surface area contributed by atoms with Crippen LogP contribution in [0.4, 0.5) is 0 Å². The molecule has 1 aromatic rings. The van der Waals surface area contributed by atoms with Crippen molar-refractivity contribution in [3.63, 3.8) is 0 Å². The first-order valence-electron chi connectivity index (χ1n) is 6.93. The fraction of sp³-hybridized carbons (Fsp3) is 0.333. The van der Waals surface area contributed by atoms with Crippen molar-refractivity contribution in [2.75, 3.05) is 7.11 Å². The Bertz CT molecular complexity index is 655. The number of hydrogen-bond donors (Lipinski definition) is 0. The Hall–Kier alpha value is -2.52. The molecule has 0 aliphatic rings. The molecule has 1 rings (SSSR count). The van der Waals surface area contributed by atoms with Crippen LogP contribution in [0, 0.1) is 22.7 Å². The van der Waals surface area contributed by atoms with Crippen molar-refractivity contribution >= 4 is 12.2 Å². The standard InChI is InChI=1S/C18H20N2O/c1-5-6-15-9-17(8-14(3)12-20)18(21-4)10-16(15)7-13(2)11-19/h7-10H,5-6H2,1-4H3/b13-7-,14-8-. The van der Waals surface area contributed by atoms with E-state index in [1.165, 1.54) is 0 Å². The van der Waals surface area contributed by atoms with E-state index in [4.69, 9.17) is 15.3 Å². The lowest BCUT2D eigenvalue weighted by Gasteiger charge is -2.12. The van der Waals surface area contributed by atoms with Gasteiger partial charge >= 0.3 is 0 Å². The summed E-state index contributed by atoms with van der Waals surface area (Å²) in [4.78, 5) is 0. The molecule has 21 heavy (non-hydrogen) atoms. The van der Waals surface area contributed by atoms with Gasteiger partial charge in [0.2, 0.25) is 0 Å². The van der Waals surface area contributed by atoms with E-state index in [1.807, 2.05) is 24.3 Å². The van der Waals surface area contributed by atoms with Gasteiger partial charge in [0.1, 0.15) is 5.75 Å². The van der Waals surface area contributed by atoms with E-state index in [9.17, 15) is 0 Å². The van der Waals surface area contributed by atoms with E-state index >= 15 is 0 Å². The summed E-state index contributed by atoms with van der Waals surface area (Å²) in [6, 6.07) is 8.24. The first-order chi connectivity index (χ1) is 10.0. The SMILES string of the molecule is CCCc1cc(/C=C(/C)C#N)c(OC)cc1/C=C(/C)C#N. The smallest absolute Gasteiger partial charge is 0.126 e. The minimum atomic E-state index is 0.632. The molecule has 0 radical (unpaired) electrons. The van der Waals surface area contributed by atoms with Crippen LogP contribution in [-0.2, 0) is 6.42 Å². The molecule has 0 atom stereocenters. The van der Waals surface area contributed by atoms with Gasteiger partial charge in [-0.2, -0.15) is 10.5 Å². The number of benzene rings is 1. The van der Waals surface area contributed by atoms with Crippen molar-refractivity contribution in [1.82, 2.24) is 0 Å². The maximum atomic E-state index is 8.95. The molecule has 3 nitrogen and oxygen atoms in total. The number of ether oxygens (including phenoxy) is 1. The normalized spacial score (nSPS) is 11.7. The number of methoxy groups -OCH3 is 1. The van der Waals surface area contributed by atoms with Crippen molar-refractivity contribution in [2.45, 2.75) is 33.6 Å². The van der Waals surface area contributed by atoms with Crippen molar-refractivity contribution in [3.8, 4) is 17.9 Å². The molecule has 108 valence electrons. The molecule has 1 aromatic carbocycles. The molecule has 0 bridgehead atoms. The quantitative estimate of drug-likeness (QED) is 0.746. The molecule has 0 heterocycles. The molecule has 0 aliphatic carbocycles. The van der Waals surface area contributed by atoms with Gasteiger partial charge in [-0.1, -0.05) is 13.3 Å². The molecule has 0 saturated carbocycles. The monoisotopic (exact) mass is 280 g/mol. The molecule has 0 unspecified atom stereocenters. The number of nitriles is 2. The Morgan fingerprint density at radius 2 is 1.67 bits per heavy atom. The maximum Gasteiger partial charge on any atom is 0.126 e. The van der Waals surface area contributed by atoms with Gasteiger partial charge in [-0.3, -0.25) is 0 Å². The fourth-order valence-electron chi connectivity index (χ4n) is 2.10. The van der Waals surface area contributed by atoms with E-state index in [0.29, 0.717) is 16.9 Å². The zero-order valence-corrected chi connectivity index (χ0v) is 13.0. The predicted octanol–water partition coefficient (Wildman–Crippen LogP) is 4.50. The van der Waals surface area contributed by atoms with Crippen LogP contribution in [0.1, 0.15) is 43.9 Å². The Morgan fingerprint density at radius 3 is 2.14 bits per heavy atom. The van der Waals surface area contributed by atoms with E-state index in [1.54, 1.807) is 21.0 Å². The number of rotatable bonds is 5. The lowest BCUT2D eigenvalue weighted by molar-refractivity contribution is 0.413. The summed E-state index contributed by atoms with van der Waals surface area (Å²) in [6.07, 6.45) is 5.63. The van der Waals surface area contributed by atoms with Gasteiger partial charge in [0.05, 0.1) is 19.2 Å². The lowest BCUT2D eigenvalue weighted by atomic mass is 9.97. The van der Waals surface area contributed by atoms with E-state index in [2.05, 4.69) is 19.1 Å². The van der Waals surface area contributed by atoms with Gasteiger partial charge < -0.3 is 4.74 Å². The third kappa shape index (κ3) is 4.51. The molecule has 3 heteroatoms. The van der Waals surface area contributed by atoms with E-state index < -0.39 is 0 Å². The molecule has 0 saturated heterocycles. The molecule has 0 N–H and O–H groups in total. The van der Waals surface area contributed by atoms with Gasteiger partial charge in [0, 0.05) is 16.7 Å². The minimum absolute atomic E-state index is 0.632. The van der Waals surface area contributed by atoms with Crippen LogP contribution in [0.3, 0.4) is 0 Å². The summed E-state index contributed by atoms with van der Waals surface area (Å²) >= 11 is 0. The average Bonchev–Trinajstić information content (AvgIpc) is 2.49. The largest absolute Gasteiger partial charge is 0.496 e. The highest BCUT2D eigenvalue weighted by Gasteiger charge is 2.08. The van der Waals surface area contributed by atoms with Crippen LogP contribution < -0.4 is 4.74 Å². The molecule has 0 fully saturated rings. The minimum Gasteiger partial charge on any atom is -0.496 e. The third-order valence-corrected chi connectivity index (χ3v) is 3.11. The van der Waals surface area contributed by atoms with Crippen LogP contribution >= 0.6 is 0 Å². The van der Waals surface area contributed by atoms with Crippen molar-refractivity contribution in [3.05, 3.63) is 40.0 Å². The third-order valence-electron chi connectivity index (χ3n) is 3.11. The van der Waals surface area contributed by atoms with Crippen LogP contribution in [0.15, 0.2) is 23.3 Å². The average molecular weight is 280 g/mol. The number of allylic oxidation sites excluding steroid dienone is 2. The first kappa shape index (κ1) is 16.5. The summed E-state index contributed by atoms with van der Waals surface area (Å²) in [5.74, 6) is 0.710. The molecule has 0 amide bonds. The Kier molecular flexibility index (Phi) is 6.24. The summed E-state index contributed by atoms with van der Waals surface area (Å²) < 4.78 is 5.41.